The summed E-state index contributed by atoms with van der Waals surface area (Å²) < 4.78 is 5.27. The van der Waals surface area contributed by atoms with Crippen molar-refractivity contribution in [2.45, 2.75) is 18.6 Å². The number of anilines is 1. The van der Waals surface area contributed by atoms with Crippen LogP contribution in [0.4, 0.5) is 5.69 Å². The summed E-state index contributed by atoms with van der Waals surface area (Å²) in [5.74, 6) is 2.53. The molecule has 0 N–H and O–H groups in total. The van der Waals surface area contributed by atoms with Gasteiger partial charge in [-0.05, 0) is 18.6 Å². The molecule has 1 atom stereocenters. The molecule has 0 amide bonds. The van der Waals surface area contributed by atoms with Gasteiger partial charge in [0, 0.05) is 26.1 Å². The van der Waals surface area contributed by atoms with Crippen LogP contribution < -0.4 is 4.90 Å². The Balaban J connectivity index is 1.42. The molecule has 1 unspecified atom stereocenters. The van der Waals surface area contributed by atoms with Crippen LogP contribution in [0, 0.1) is 0 Å². The van der Waals surface area contributed by atoms with E-state index < -0.39 is 11.7 Å². The van der Waals surface area contributed by atoms with Crippen LogP contribution in [0.25, 0.3) is 0 Å². The minimum atomic E-state index is -1.68. The van der Waals surface area contributed by atoms with E-state index in [4.69, 9.17) is 21.2 Å². The molecule has 0 aromatic heterocycles. The third kappa shape index (κ3) is 3.07. The summed E-state index contributed by atoms with van der Waals surface area (Å²) in [4.78, 5) is 44.1. The summed E-state index contributed by atoms with van der Waals surface area (Å²) in [5, 5.41) is 2.20. The lowest BCUT2D eigenvalue weighted by Gasteiger charge is -2.35. The van der Waals surface area contributed by atoms with E-state index in [9.17, 15) is 14.4 Å². The number of piperazine rings is 1. The van der Waals surface area contributed by atoms with Gasteiger partial charge >= 0.3 is 11.7 Å². The Hall–Kier alpha value is -2.76. The monoisotopic (exact) mass is 403 g/mol. The molecule has 0 saturated carbocycles. The summed E-state index contributed by atoms with van der Waals surface area (Å²) >= 11 is 6.24. The van der Waals surface area contributed by atoms with Gasteiger partial charge in [-0.2, -0.15) is 0 Å². The Kier molecular flexibility index (Phi) is 4.87. The topological polar surface area (TPSA) is 82.7 Å². The summed E-state index contributed by atoms with van der Waals surface area (Å²) in [6.07, 6.45) is 1.15. The molecule has 9 heteroatoms. The van der Waals surface area contributed by atoms with Crippen LogP contribution in [0.2, 0.25) is 5.02 Å². The first-order valence-corrected chi connectivity index (χ1v) is 9.41. The number of ether oxygens (including phenoxy) is 1. The van der Waals surface area contributed by atoms with Crippen LogP contribution in [0.3, 0.4) is 0 Å². The van der Waals surface area contributed by atoms with Gasteiger partial charge in [0.05, 0.1) is 23.8 Å². The molecule has 0 bridgehead atoms. The second-order valence-electron chi connectivity index (χ2n) is 6.73. The first kappa shape index (κ1) is 18.6. The maximum atomic E-state index is 12.8. The van der Waals surface area contributed by atoms with Gasteiger partial charge in [-0.3, -0.25) is 0 Å². The molecular formula is C19H18ClN3O5. The van der Waals surface area contributed by atoms with E-state index in [0.29, 0.717) is 56.3 Å². The second-order valence-corrected chi connectivity index (χ2v) is 7.13. The molecule has 3 heterocycles. The molecule has 0 spiro atoms. The van der Waals surface area contributed by atoms with E-state index in [-0.39, 0.29) is 5.76 Å². The van der Waals surface area contributed by atoms with Gasteiger partial charge in [0.25, 0.3) is 5.76 Å². The van der Waals surface area contributed by atoms with Crippen molar-refractivity contribution in [2.24, 2.45) is 0 Å². The summed E-state index contributed by atoms with van der Waals surface area (Å²) in [5.41, 5.74) is -0.447. The Labute approximate surface area is 166 Å². The van der Waals surface area contributed by atoms with E-state index in [2.05, 4.69) is 4.90 Å². The number of allylic oxidation sites excluding steroid dienone is 1. The lowest BCUT2D eigenvalue weighted by molar-refractivity contribution is -0.203. The first-order valence-electron chi connectivity index (χ1n) is 9.03. The van der Waals surface area contributed by atoms with Crippen molar-refractivity contribution in [3.05, 3.63) is 40.7 Å². The molecule has 3 aliphatic heterocycles. The number of hydrogen-bond donors (Lipinski definition) is 0. The van der Waals surface area contributed by atoms with Gasteiger partial charge in [-0.25, -0.2) is 14.4 Å². The zero-order chi connectivity index (χ0) is 19.7. The van der Waals surface area contributed by atoms with Crippen molar-refractivity contribution in [1.82, 2.24) is 9.96 Å². The van der Waals surface area contributed by atoms with Crippen molar-refractivity contribution in [2.75, 3.05) is 37.6 Å². The van der Waals surface area contributed by atoms with Crippen molar-refractivity contribution >= 4 is 35.1 Å². The minimum absolute atomic E-state index is 0.165. The molecule has 0 radical (unpaired) electrons. The molecule has 8 nitrogen and oxygen atoms in total. The quantitative estimate of drug-likeness (QED) is 0.547. The smallest absolute Gasteiger partial charge is 0.401 e. The number of carbonyl (C=O) groups is 1. The van der Waals surface area contributed by atoms with Crippen LogP contribution in [0.5, 0.6) is 0 Å². The molecule has 3 fully saturated rings. The highest BCUT2D eigenvalue weighted by molar-refractivity contribution is 6.33. The number of carbonyl (C=O) groups excluding carboxylic acids is 3. The predicted octanol–water partition coefficient (Wildman–Crippen LogP) is 1.17. The molecule has 146 valence electrons. The van der Waals surface area contributed by atoms with Crippen LogP contribution in [-0.2, 0) is 24.0 Å². The van der Waals surface area contributed by atoms with E-state index in [1.54, 1.807) is 5.94 Å². The van der Waals surface area contributed by atoms with Gasteiger partial charge in [-0.1, -0.05) is 23.7 Å². The largest absolute Gasteiger partial charge is 0.436 e. The number of para-hydroxylation sites is 1. The average Bonchev–Trinajstić information content (AvgIpc) is 3.27. The zero-order valence-corrected chi connectivity index (χ0v) is 15.8. The number of rotatable bonds is 4. The molecule has 1 aromatic rings. The Bertz CT molecular complexity index is 901. The van der Waals surface area contributed by atoms with Gasteiger partial charge in [-0.15, -0.1) is 5.06 Å². The van der Waals surface area contributed by atoms with E-state index in [1.807, 2.05) is 30.2 Å². The fourth-order valence-electron chi connectivity index (χ4n) is 3.67. The highest BCUT2D eigenvalue weighted by Gasteiger charge is 2.69. The highest BCUT2D eigenvalue weighted by Crippen LogP contribution is 2.47. The molecule has 3 aliphatic rings. The van der Waals surface area contributed by atoms with Gasteiger partial charge < -0.3 is 19.4 Å². The zero-order valence-electron chi connectivity index (χ0n) is 15.0. The summed E-state index contributed by atoms with van der Waals surface area (Å²) in [6.45, 7) is 2.56. The molecule has 3 saturated heterocycles. The van der Waals surface area contributed by atoms with Crippen LogP contribution in [0.1, 0.15) is 12.8 Å². The van der Waals surface area contributed by atoms with Crippen LogP contribution in [0.15, 0.2) is 35.7 Å². The van der Waals surface area contributed by atoms with Gasteiger partial charge in [0.15, 0.2) is 5.94 Å². The fourth-order valence-corrected chi connectivity index (χ4v) is 3.93. The molecule has 1 aromatic carbocycles. The standard InChI is InChI=1S/C19H18ClN3O5/c20-15-5-1-2-6-16(15)21-8-10-22(11-9-21)28-18(26)19(17(13-25)27-19)23-7-3-4-14(23)12-24/h1-2,5-6H,3-4,7-11H2. The van der Waals surface area contributed by atoms with Gasteiger partial charge in [0.2, 0.25) is 0 Å². The lowest BCUT2D eigenvalue weighted by atomic mass is 10.2. The SMILES string of the molecule is O=C=C1CCCN1C1(C(=O)ON2CCN(c3ccccc3Cl)CC2)OC1=C=O. The van der Waals surface area contributed by atoms with E-state index >= 15 is 0 Å². The molecule has 4 rings (SSSR count). The fraction of sp³-hybridized carbons (Fsp3) is 0.421. The van der Waals surface area contributed by atoms with Crippen LogP contribution in [-0.4, -0.2) is 66.3 Å². The van der Waals surface area contributed by atoms with Crippen molar-refractivity contribution in [1.29, 1.82) is 0 Å². The number of halogens is 1. The second kappa shape index (κ2) is 7.34. The third-order valence-electron chi connectivity index (χ3n) is 5.15. The minimum Gasteiger partial charge on any atom is -0.436 e. The van der Waals surface area contributed by atoms with Crippen molar-refractivity contribution in [3.8, 4) is 0 Å². The summed E-state index contributed by atoms with van der Waals surface area (Å²) in [7, 11) is 0. The Morgan fingerprint density at radius 2 is 1.86 bits per heavy atom. The predicted molar refractivity (Wildman–Crippen MR) is 99.5 cm³/mol. The number of epoxide rings is 1. The lowest BCUT2D eigenvalue weighted by Crippen LogP contribution is -2.51. The molecule has 28 heavy (non-hydrogen) atoms. The average molecular weight is 404 g/mol. The third-order valence-corrected chi connectivity index (χ3v) is 5.47. The normalized spacial score (nSPS) is 24.5. The number of nitrogens with zero attached hydrogens (tertiary/aromatic N) is 3. The van der Waals surface area contributed by atoms with E-state index in [1.165, 1.54) is 9.96 Å². The maximum Gasteiger partial charge on any atom is 0.401 e. The van der Waals surface area contributed by atoms with Crippen molar-refractivity contribution in [3.63, 3.8) is 0 Å². The maximum absolute atomic E-state index is 12.8. The van der Waals surface area contributed by atoms with Crippen LogP contribution >= 0.6 is 11.6 Å². The Morgan fingerprint density at radius 1 is 1.11 bits per heavy atom. The van der Waals surface area contributed by atoms with Crippen molar-refractivity contribution < 1.29 is 24.0 Å². The Morgan fingerprint density at radius 3 is 2.50 bits per heavy atom. The van der Waals surface area contributed by atoms with Gasteiger partial charge in [0.1, 0.15) is 11.6 Å². The summed E-state index contributed by atoms with van der Waals surface area (Å²) in [6, 6.07) is 7.57. The van der Waals surface area contributed by atoms with E-state index in [0.717, 1.165) is 5.69 Å². The first-order chi connectivity index (χ1) is 13.6. The molecular weight excluding hydrogens is 386 g/mol. The number of hydrogen-bond acceptors (Lipinski definition) is 8. The number of hydroxylamine groups is 2. The number of likely N-dealkylation sites (tertiary alicyclic amines) is 1. The highest BCUT2D eigenvalue weighted by atomic mass is 35.5. The molecule has 0 aliphatic carbocycles. The number of benzene rings is 1.